The number of Topliss-reactive ketones (excluding diaryl/α,β-unsaturated/α-hetero) is 1. The number of allylic oxidation sites excluding steroid dienone is 1. The topological polar surface area (TPSA) is 37.3 Å². The molecule has 0 aromatic carbocycles. The van der Waals surface area contributed by atoms with E-state index in [-0.39, 0.29) is 6.61 Å². The van der Waals surface area contributed by atoms with Gasteiger partial charge in [0, 0.05) is 12.8 Å². The van der Waals surface area contributed by atoms with Crippen LogP contribution in [0.4, 0.5) is 0 Å². The molecule has 0 aromatic rings. The fraction of sp³-hybridized carbons (Fsp3) is 0.667. The molecule has 1 aliphatic rings. The Balaban J connectivity index is 2.54. The first kappa shape index (κ1) is 8.47. The maximum atomic E-state index is 10.9. The summed E-state index contributed by atoms with van der Waals surface area (Å²) in [4.78, 5) is 10.9. The van der Waals surface area contributed by atoms with Gasteiger partial charge < -0.3 is 5.11 Å². The van der Waals surface area contributed by atoms with Crippen LogP contribution in [0.2, 0.25) is 0 Å². The van der Waals surface area contributed by atoms with Gasteiger partial charge >= 0.3 is 0 Å². The molecule has 1 N–H and O–H groups in total. The molecular formula is C9H14O2. The second-order valence-corrected chi connectivity index (χ2v) is 3.00. The van der Waals surface area contributed by atoms with Crippen molar-refractivity contribution in [1.29, 1.82) is 0 Å². The zero-order valence-electron chi connectivity index (χ0n) is 6.84. The number of carbonyl (C=O) groups is 1. The number of hydrogen-bond donors (Lipinski definition) is 1. The molecular weight excluding hydrogens is 140 g/mol. The van der Waals surface area contributed by atoms with Gasteiger partial charge in [-0.2, -0.15) is 0 Å². The molecule has 11 heavy (non-hydrogen) atoms. The highest BCUT2D eigenvalue weighted by Gasteiger charge is 2.24. The summed E-state index contributed by atoms with van der Waals surface area (Å²) in [6.07, 6.45) is 4.19. The maximum Gasteiger partial charge on any atom is 0.133 e. The Hall–Kier alpha value is -0.630. The lowest BCUT2D eigenvalue weighted by molar-refractivity contribution is -0.117. The highest BCUT2D eigenvalue weighted by atomic mass is 16.3. The third-order valence-corrected chi connectivity index (χ3v) is 2.32. The summed E-state index contributed by atoms with van der Waals surface area (Å²) in [5.41, 5.74) is 1.02. The standard InChI is InChI=1S/C9H14O2/c1-2-7(6-10)8-3-4-9(11)5-8/h2,8,10H,3-6H2,1H3/b7-2-. The lowest BCUT2D eigenvalue weighted by Crippen LogP contribution is -2.03. The molecule has 1 saturated carbocycles. The summed E-state index contributed by atoms with van der Waals surface area (Å²) in [5, 5.41) is 8.89. The molecule has 1 atom stereocenters. The van der Waals surface area contributed by atoms with Crippen LogP contribution in [0, 0.1) is 5.92 Å². The monoisotopic (exact) mass is 154 g/mol. The maximum absolute atomic E-state index is 10.9. The van der Waals surface area contributed by atoms with Gasteiger partial charge in [-0.3, -0.25) is 4.79 Å². The van der Waals surface area contributed by atoms with Crippen LogP contribution < -0.4 is 0 Å². The summed E-state index contributed by atoms with van der Waals surface area (Å²) < 4.78 is 0. The van der Waals surface area contributed by atoms with E-state index in [1.54, 1.807) is 0 Å². The van der Waals surface area contributed by atoms with E-state index in [1.807, 2.05) is 13.0 Å². The molecule has 0 aliphatic heterocycles. The van der Waals surface area contributed by atoms with Gasteiger partial charge in [0.15, 0.2) is 0 Å². The van der Waals surface area contributed by atoms with E-state index in [9.17, 15) is 4.79 Å². The number of carbonyl (C=O) groups excluding carboxylic acids is 1. The van der Waals surface area contributed by atoms with Crippen molar-refractivity contribution in [3.63, 3.8) is 0 Å². The second-order valence-electron chi connectivity index (χ2n) is 3.00. The Morgan fingerprint density at radius 1 is 1.82 bits per heavy atom. The summed E-state index contributed by atoms with van der Waals surface area (Å²) in [6, 6.07) is 0. The van der Waals surface area contributed by atoms with Crippen molar-refractivity contribution in [2.45, 2.75) is 26.2 Å². The van der Waals surface area contributed by atoms with E-state index in [2.05, 4.69) is 0 Å². The summed E-state index contributed by atoms with van der Waals surface area (Å²) >= 11 is 0. The number of ketones is 1. The average molecular weight is 154 g/mol. The van der Waals surface area contributed by atoms with Gasteiger partial charge in [0.1, 0.15) is 5.78 Å². The van der Waals surface area contributed by atoms with E-state index in [1.165, 1.54) is 0 Å². The Morgan fingerprint density at radius 3 is 2.91 bits per heavy atom. The molecule has 0 saturated heterocycles. The average Bonchev–Trinajstić information content (AvgIpc) is 2.39. The number of aliphatic hydroxyl groups is 1. The van der Waals surface area contributed by atoms with Crippen LogP contribution in [-0.2, 0) is 4.79 Å². The number of hydrogen-bond acceptors (Lipinski definition) is 2. The molecule has 1 aliphatic carbocycles. The van der Waals surface area contributed by atoms with E-state index in [0.717, 1.165) is 12.0 Å². The molecule has 1 fully saturated rings. The highest BCUT2D eigenvalue weighted by Crippen LogP contribution is 2.28. The SMILES string of the molecule is C/C=C(/CO)C1CCC(=O)C1. The van der Waals surface area contributed by atoms with Gasteiger partial charge in [-0.25, -0.2) is 0 Å². The van der Waals surface area contributed by atoms with Crippen LogP contribution in [0.1, 0.15) is 26.2 Å². The largest absolute Gasteiger partial charge is 0.392 e. The van der Waals surface area contributed by atoms with Crippen LogP contribution in [-0.4, -0.2) is 17.5 Å². The van der Waals surface area contributed by atoms with E-state index >= 15 is 0 Å². The molecule has 0 spiro atoms. The fourth-order valence-electron chi connectivity index (χ4n) is 1.59. The Labute approximate surface area is 66.9 Å². The Morgan fingerprint density at radius 2 is 2.55 bits per heavy atom. The zero-order chi connectivity index (χ0) is 8.27. The molecule has 0 amide bonds. The van der Waals surface area contributed by atoms with Crippen molar-refractivity contribution in [3.8, 4) is 0 Å². The molecule has 1 unspecified atom stereocenters. The lowest BCUT2D eigenvalue weighted by atomic mass is 9.98. The van der Waals surface area contributed by atoms with Gasteiger partial charge in [-0.15, -0.1) is 0 Å². The molecule has 0 radical (unpaired) electrons. The van der Waals surface area contributed by atoms with Gasteiger partial charge in [0.25, 0.3) is 0 Å². The van der Waals surface area contributed by atoms with Crippen molar-refractivity contribution in [1.82, 2.24) is 0 Å². The molecule has 0 heterocycles. The lowest BCUT2D eigenvalue weighted by Gasteiger charge is -2.09. The predicted octanol–water partition coefficient (Wildman–Crippen LogP) is 1.29. The van der Waals surface area contributed by atoms with E-state index in [0.29, 0.717) is 24.5 Å². The van der Waals surface area contributed by atoms with Crippen LogP contribution >= 0.6 is 0 Å². The fourth-order valence-corrected chi connectivity index (χ4v) is 1.59. The first-order valence-corrected chi connectivity index (χ1v) is 4.05. The normalized spacial score (nSPS) is 26.2. The van der Waals surface area contributed by atoms with Crippen LogP contribution in [0.15, 0.2) is 11.6 Å². The summed E-state index contributed by atoms with van der Waals surface area (Å²) in [5.74, 6) is 0.667. The van der Waals surface area contributed by atoms with Crippen LogP contribution in [0.3, 0.4) is 0 Å². The first-order chi connectivity index (χ1) is 5.27. The first-order valence-electron chi connectivity index (χ1n) is 4.05. The molecule has 0 aromatic heterocycles. The quantitative estimate of drug-likeness (QED) is 0.608. The van der Waals surface area contributed by atoms with Crippen LogP contribution in [0.5, 0.6) is 0 Å². The van der Waals surface area contributed by atoms with E-state index < -0.39 is 0 Å². The van der Waals surface area contributed by atoms with Gasteiger partial charge in [0.2, 0.25) is 0 Å². The van der Waals surface area contributed by atoms with Crippen molar-refractivity contribution >= 4 is 5.78 Å². The third-order valence-electron chi connectivity index (χ3n) is 2.32. The van der Waals surface area contributed by atoms with Crippen LogP contribution in [0.25, 0.3) is 0 Å². The Kier molecular flexibility index (Phi) is 2.83. The molecule has 1 rings (SSSR count). The van der Waals surface area contributed by atoms with Crippen molar-refractivity contribution in [2.24, 2.45) is 5.92 Å². The van der Waals surface area contributed by atoms with Crippen molar-refractivity contribution in [3.05, 3.63) is 11.6 Å². The van der Waals surface area contributed by atoms with Gasteiger partial charge in [0.05, 0.1) is 6.61 Å². The minimum atomic E-state index is 0.106. The van der Waals surface area contributed by atoms with Crippen molar-refractivity contribution in [2.75, 3.05) is 6.61 Å². The Bertz CT molecular complexity index is 182. The van der Waals surface area contributed by atoms with E-state index in [4.69, 9.17) is 5.11 Å². The van der Waals surface area contributed by atoms with Gasteiger partial charge in [-0.1, -0.05) is 6.08 Å². The molecule has 2 nitrogen and oxygen atoms in total. The van der Waals surface area contributed by atoms with Crippen molar-refractivity contribution < 1.29 is 9.90 Å². The molecule has 0 bridgehead atoms. The molecule has 2 heteroatoms. The minimum absolute atomic E-state index is 0.106. The summed E-state index contributed by atoms with van der Waals surface area (Å²) in [6.45, 7) is 2.02. The third kappa shape index (κ3) is 1.90. The number of aliphatic hydroxyl groups excluding tert-OH is 1. The predicted molar refractivity (Wildman–Crippen MR) is 43.2 cm³/mol. The minimum Gasteiger partial charge on any atom is -0.392 e. The smallest absolute Gasteiger partial charge is 0.133 e. The number of rotatable bonds is 2. The highest BCUT2D eigenvalue weighted by molar-refractivity contribution is 5.81. The van der Waals surface area contributed by atoms with Gasteiger partial charge in [-0.05, 0) is 24.8 Å². The molecule has 62 valence electrons. The summed E-state index contributed by atoms with van der Waals surface area (Å²) in [7, 11) is 0. The second kappa shape index (κ2) is 3.67. The zero-order valence-corrected chi connectivity index (χ0v) is 6.84.